The molecule has 0 unspecified atom stereocenters. The number of ketones is 2. The lowest BCUT2D eigenvalue weighted by Gasteiger charge is -1.95. The lowest BCUT2D eigenvalue weighted by atomic mass is 10.1. The van der Waals surface area contributed by atoms with Crippen molar-refractivity contribution in [1.82, 2.24) is 0 Å². The Morgan fingerprint density at radius 2 is 1.38 bits per heavy atom. The predicted molar refractivity (Wildman–Crippen MR) is 47.7 cm³/mol. The quantitative estimate of drug-likeness (QED) is 0.364. The molecule has 0 fully saturated rings. The fraction of sp³-hybridized carbons (Fsp3) is 0. The molecule has 0 saturated heterocycles. The molecule has 68 valence electrons. The molecule has 0 aromatic carbocycles. The molecule has 0 aliphatic heterocycles. The van der Waals surface area contributed by atoms with Crippen LogP contribution in [0.3, 0.4) is 0 Å². The second kappa shape index (κ2) is 4.82. The molecule has 4 nitrogen and oxygen atoms in total. The van der Waals surface area contributed by atoms with Gasteiger partial charge >= 0.3 is 0 Å². The van der Waals surface area contributed by atoms with Gasteiger partial charge in [-0.1, -0.05) is 13.2 Å². The van der Waals surface area contributed by atoms with Crippen molar-refractivity contribution in [2.45, 2.75) is 0 Å². The first-order chi connectivity index (χ1) is 6.02. The van der Waals surface area contributed by atoms with E-state index >= 15 is 0 Å². The van der Waals surface area contributed by atoms with Crippen molar-refractivity contribution in [3.8, 4) is 0 Å². The van der Waals surface area contributed by atoms with Crippen LogP contribution in [-0.4, -0.2) is 17.5 Å². The van der Waals surface area contributed by atoms with E-state index < -0.39 is 17.5 Å². The summed E-state index contributed by atoms with van der Waals surface area (Å²) in [5.74, 6) is -2.16. The minimum absolute atomic E-state index is 0.322. The molecule has 4 heteroatoms. The van der Waals surface area contributed by atoms with Crippen molar-refractivity contribution in [3.63, 3.8) is 0 Å². The third-order valence-electron chi connectivity index (χ3n) is 1.19. The fourth-order valence-corrected chi connectivity index (χ4v) is 0.626. The second-order valence-electron chi connectivity index (χ2n) is 2.10. The SMILES string of the molecule is C=CC(=O)C(=CC(N)=O)C(=O)C=C. The third kappa shape index (κ3) is 3.29. The summed E-state index contributed by atoms with van der Waals surface area (Å²) in [6.07, 6.45) is 2.61. The molecule has 1 amide bonds. The molecule has 13 heavy (non-hydrogen) atoms. The van der Waals surface area contributed by atoms with Crippen LogP contribution < -0.4 is 5.73 Å². The number of hydrogen-bond acceptors (Lipinski definition) is 3. The maximum absolute atomic E-state index is 11.0. The lowest BCUT2D eigenvalue weighted by molar-refractivity contribution is -0.118. The van der Waals surface area contributed by atoms with Gasteiger partial charge in [0.05, 0.1) is 5.57 Å². The molecule has 2 N–H and O–H groups in total. The van der Waals surface area contributed by atoms with Crippen LogP contribution in [0.25, 0.3) is 0 Å². The molecule has 0 heterocycles. The van der Waals surface area contributed by atoms with Crippen LogP contribution in [0.15, 0.2) is 37.0 Å². The van der Waals surface area contributed by atoms with E-state index in [2.05, 4.69) is 13.2 Å². The van der Waals surface area contributed by atoms with E-state index in [-0.39, 0.29) is 5.57 Å². The number of allylic oxidation sites excluding steroid dienone is 3. The van der Waals surface area contributed by atoms with Crippen molar-refractivity contribution in [2.75, 3.05) is 0 Å². The minimum Gasteiger partial charge on any atom is -0.366 e. The van der Waals surface area contributed by atoms with Gasteiger partial charge in [-0.15, -0.1) is 0 Å². The highest BCUT2D eigenvalue weighted by Gasteiger charge is 2.13. The Morgan fingerprint density at radius 1 is 1.00 bits per heavy atom. The van der Waals surface area contributed by atoms with Gasteiger partial charge in [0.25, 0.3) is 0 Å². The van der Waals surface area contributed by atoms with Crippen LogP contribution in [0, 0.1) is 0 Å². The van der Waals surface area contributed by atoms with Gasteiger partial charge < -0.3 is 5.73 Å². The van der Waals surface area contributed by atoms with E-state index in [1.54, 1.807) is 0 Å². The standard InChI is InChI=1S/C9H9NO3/c1-3-7(11)6(5-9(10)13)8(12)4-2/h3-5H,1-2H2,(H2,10,13). The van der Waals surface area contributed by atoms with Crippen molar-refractivity contribution in [3.05, 3.63) is 37.0 Å². The van der Waals surface area contributed by atoms with Gasteiger partial charge in [0.2, 0.25) is 5.91 Å². The van der Waals surface area contributed by atoms with E-state index in [0.29, 0.717) is 0 Å². The number of carbonyl (C=O) groups excluding carboxylic acids is 3. The van der Waals surface area contributed by atoms with Crippen LogP contribution in [-0.2, 0) is 14.4 Å². The average Bonchev–Trinajstić information content (AvgIpc) is 2.11. The zero-order chi connectivity index (χ0) is 10.4. The molecular weight excluding hydrogens is 170 g/mol. The number of rotatable bonds is 5. The maximum atomic E-state index is 11.0. The van der Waals surface area contributed by atoms with E-state index in [1.165, 1.54) is 0 Å². The van der Waals surface area contributed by atoms with E-state index in [0.717, 1.165) is 18.2 Å². The van der Waals surface area contributed by atoms with Gasteiger partial charge in [0.15, 0.2) is 11.6 Å². The molecule has 0 saturated carbocycles. The number of hydrogen-bond donors (Lipinski definition) is 1. The molecule has 0 aromatic rings. The summed E-state index contributed by atoms with van der Waals surface area (Å²) in [5.41, 5.74) is 4.47. The van der Waals surface area contributed by atoms with E-state index in [4.69, 9.17) is 5.73 Å². The zero-order valence-corrected chi connectivity index (χ0v) is 6.95. The molecule has 0 spiro atoms. The van der Waals surface area contributed by atoms with Gasteiger partial charge in [0.1, 0.15) is 0 Å². The smallest absolute Gasteiger partial charge is 0.242 e. The summed E-state index contributed by atoms with van der Waals surface area (Å²) < 4.78 is 0. The first-order valence-corrected chi connectivity index (χ1v) is 3.37. The third-order valence-corrected chi connectivity index (χ3v) is 1.19. The Kier molecular flexibility index (Phi) is 4.09. The first-order valence-electron chi connectivity index (χ1n) is 3.37. The minimum atomic E-state index is -0.861. The van der Waals surface area contributed by atoms with Gasteiger partial charge in [-0.05, 0) is 12.2 Å². The number of nitrogens with two attached hydrogens (primary N) is 1. The monoisotopic (exact) mass is 179 g/mol. The summed E-state index contributed by atoms with van der Waals surface area (Å²) in [4.78, 5) is 32.4. The van der Waals surface area contributed by atoms with Crippen LogP contribution in [0.5, 0.6) is 0 Å². The first kappa shape index (κ1) is 11.0. The topological polar surface area (TPSA) is 77.2 Å². The van der Waals surface area contributed by atoms with Crippen LogP contribution in [0.4, 0.5) is 0 Å². The summed E-state index contributed by atoms with van der Waals surface area (Å²) in [7, 11) is 0. The maximum Gasteiger partial charge on any atom is 0.242 e. The summed E-state index contributed by atoms with van der Waals surface area (Å²) in [6, 6.07) is 0. The molecule has 0 radical (unpaired) electrons. The van der Waals surface area contributed by atoms with Crippen molar-refractivity contribution in [2.24, 2.45) is 5.73 Å². The van der Waals surface area contributed by atoms with Crippen molar-refractivity contribution < 1.29 is 14.4 Å². The number of primary amides is 1. The van der Waals surface area contributed by atoms with Crippen molar-refractivity contribution in [1.29, 1.82) is 0 Å². The highest BCUT2D eigenvalue weighted by atomic mass is 16.2. The van der Waals surface area contributed by atoms with Gasteiger partial charge in [-0.2, -0.15) is 0 Å². The Bertz CT molecular complexity index is 291. The Balaban J connectivity index is 5.08. The molecular formula is C9H9NO3. The van der Waals surface area contributed by atoms with Crippen LogP contribution >= 0.6 is 0 Å². The molecule has 0 rings (SSSR count). The Hall–Kier alpha value is -1.97. The summed E-state index contributed by atoms with van der Waals surface area (Å²) >= 11 is 0. The molecule has 0 bridgehead atoms. The van der Waals surface area contributed by atoms with Crippen LogP contribution in [0.1, 0.15) is 0 Å². The van der Waals surface area contributed by atoms with Crippen LogP contribution in [0.2, 0.25) is 0 Å². The van der Waals surface area contributed by atoms with Gasteiger partial charge in [-0.25, -0.2) is 0 Å². The zero-order valence-electron chi connectivity index (χ0n) is 6.95. The van der Waals surface area contributed by atoms with Gasteiger partial charge in [-0.3, -0.25) is 14.4 Å². The highest BCUT2D eigenvalue weighted by molar-refractivity contribution is 6.29. The summed E-state index contributed by atoms with van der Waals surface area (Å²) in [6.45, 7) is 6.35. The Labute approximate surface area is 75.4 Å². The fourth-order valence-electron chi connectivity index (χ4n) is 0.626. The van der Waals surface area contributed by atoms with Gasteiger partial charge in [0, 0.05) is 6.08 Å². The molecule has 0 atom stereocenters. The predicted octanol–water partition coefficient (Wildman–Crippen LogP) is -0.0917. The van der Waals surface area contributed by atoms with E-state index in [9.17, 15) is 14.4 Å². The normalized spacial score (nSPS) is 8.31. The van der Waals surface area contributed by atoms with Crippen molar-refractivity contribution >= 4 is 17.5 Å². The number of carbonyl (C=O) groups is 3. The van der Waals surface area contributed by atoms with E-state index in [1.807, 2.05) is 0 Å². The molecule has 0 aliphatic rings. The lowest BCUT2D eigenvalue weighted by Crippen LogP contribution is -2.14. The molecule has 0 aliphatic carbocycles. The summed E-state index contributed by atoms with van der Waals surface area (Å²) in [5, 5.41) is 0. The average molecular weight is 179 g/mol. The second-order valence-corrected chi connectivity index (χ2v) is 2.10. The highest BCUT2D eigenvalue weighted by Crippen LogP contribution is 2.00. The molecule has 0 aromatic heterocycles. The Morgan fingerprint density at radius 3 is 1.62 bits per heavy atom. The largest absolute Gasteiger partial charge is 0.366 e. The number of amides is 1.